The van der Waals surface area contributed by atoms with Gasteiger partial charge >= 0.3 is 11.9 Å². The van der Waals surface area contributed by atoms with Crippen molar-refractivity contribution in [3.8, 4) is 0 Å². The number of rotatable bonds is 1. The number of nitrogens with zero attached hydrogens (tertiary/aromatic N) is 3. The molecule has 6 nitrogen and oxygen atoms in total. The highest BCUT2D eigenvalue weighted by molar-refractivity contribution is 6.34. The molecule has 0 bridgehead atoms. The minimum absolute atomic E-state index is 0.00343. The Hall–Kier alpha value is -1.87. The Bertz CT molecular complexity index is 757. The zero-order chi connectivity index (χ0) is 15.4. The second-order valence-corrected chi connectivity index (χ2v) is 4.82. The van der Waals surface area contributed by atoms with Crippen molar-refractivity contribution in [1.82, 2.24) is 9.55 Å². The highest BCUT2D eigenvalue weighted by atomic mass is 35.5. The van der Waals surface area contributed by atoms with Crippen molar-refractivity contribution in [3.05, 3.63) is 32.6 Å². The topological polar surface area (TPSA) is 70.2 Å². The number of imidazole rings is 1. The van der Waals surface area contributed by atoms with Crippen LogP contribution in [0.15, 0.2) is 6.07 Å². The number of aromatic nitrogens is 2. The first-order valence-corrected chi connectivity index (χ1v) is 6.19. The second-order valence-electron chi connectivity index (χ2n) is 4.44. The fourth-order valence-electron chi connectivity index (χ4n) is 2.34. The molecule has 0 unspecified atom stereocenters. The van der Waals surface area contributed by atoms with Crippen LogP contribution >= 0.6 is 11.6 Å². The molecule has 0 radical (unpaired) electrons. The van der Waals surface area contributed by atoms with Crippen LogP contribution in [-0.4, -0.2) is 21.1 Å². The van der Waals surface area contributed by atoms with Crippen molar-refractivity contribution < 1.29 is 22.8 Å². The Morgan fingerprint density at radius 1 is 1.48 bits per heavy atom. The lowest BCUT2D eigenvalue weighted by Crippen LogP contribution is -2.17. The van der Waals surface area contributed by atoms with Gasteiger partial charge in [-0.2, -0.15) is 13.2 Å². The Balaban J connectivity index is 2.42. The molecule has 0 saturated heterocycles. The Kier molecular flexibility index (Phi) is 3.06. The number of benzene rings is 1. The molecule has 0 fully saturated rings. The molecule has 1 aliphatic heterocycles. The SMILES string of the molecule is O=[N+]([O-])c1c(Cl)c(C(F)(F)F)cc2nc3n(c12)CCOC3. The smallest absolute Gasteiger partial charge is 0.372 e. The van der Waals surface area contributed by atoms with Crippen molar-refractivity contribution in [2.75, 3.05) is 6.61 Å². The summed E-state index contributed by atoms with van der Waals surface area (Å²) < 4.78 is 45.4. The van der Waals surface area contributed by atoms with Crippen molar-refractivity contribution >= 4 is 28.3 Å². The van der Waals surface area contributed by atoms with Crippen LogP contribution in [0.5, 0.6) is 0 Å². The molecule has 1 aromatic carbocycles. The van der Waals surface area contributed by atoms with Gasteiger partial charge in [0.2, 0.25) is 0 Å². The molecule has 10 heteroatoms. The fraction of sp³-hybridized carbons (Fsp3) is 0.364. The first-order chi connectivity index (χ1) is 9.80. The molecule has 0 N–H and O–H groups in total. The molecule has 1 aromatic heterocycles. The van der Waals surface area contributed by atoms with Gasteiger partial charge in [0, 0.05) is 6.54 Å². The third-order valence-electron chi connectivity index (χ3n) is 3.20. The van der Waals surface area contributed by atoms with Gasteiger partial charge in [-0.1, -0.05) is 11.6 Å². The number of nitro groups is 1. The maximum absolute atomic E-state index is 12.9. The number of halogens is 4. The number of hydrogen-bond donors (Lipinski definition) is 0. The number of nitro benzene ring substituents is 1. The zero-order valence-corrected chi connectivity index (χ0v) is 11.0. The summed E-state index contributed by atoms with van der Waals surface area (Å²) in [5, 5.41) is 10.3. The Morgan fingerprint density at radius 3 is 2.81 bits per heavy atom. The van der Waals surface area contributed by atoms with Gasteiger partial charge in [-0.3, -0.25) is 10.1 Å². The third kappa shape index (κ3) is 2.12. The van der Waals surface area contributed by atoms with E-state index in [9.17, 15) is 23.3 Å². The minimum Gasteiger partial charge on any atom is -0.372 e. The van der Waals surface area contributed by atoms with E-state index in [4.69, 9.17) is 16.3 Å². The van der Waals surface area contributed by atoms with Gasteiger partial charge in [0.1, 0.15) is 23.0 Å². The molecule has 0 atom stereocenters. The lowest BCUT2D eigenvalue weighted by molar-refractivity contribution is -0.383. The van der Waals surface area contributed by atoms with E-state index in [1.165, 1.54) is 4.57 Å². The predicted octanol–water partition coefficient (Wildman–Crippen LogP) is 3.15. The standard InChI is InChI=1S/C11H7ClF3N3O3/c12-8-5(11(13,14)15)3-6-9(10(8)18(19)20)17-1-2-21-4-7(17)16-6/h3H,1-2,4H2. The summed E-state index contributed by atoms with van der Waals surface area (Å²) in [4.78, 5) is 14.3. The van der Waals surface area contributed by atoms with E-state index in [2.05, 4.69) is 4.98 Å². The summed E-state index contributed by atoms with van der Waals surface area (Å²) in [5.74, 6) is 0.342. The van der Waals surface area contributed by atoms with E-state index >= 15 is 0 Å². The maximum atomic E-state index is 12.9. The normalized spacial score (nSPS) is 15.2. The van der Waals surface area contributed by atoms with Crippen LogP contribution in [0.25, 0.3) is 11.0 Å². The molecule has 0 amide bonds. The molecular formula is C11H7ClF3N3O3. The van der Waals surface area contributed by atoms with Gasteiger partial charge in [0.25, 0.3) is 0 Å². The van der Waals surface area contributed by atoms with E-state index < -0.39 is 27.4 Å². The van der Waals surface area contributed by atoms with Crippen LogP contribution in [0.2, 0.25) is 5.02 Å². The summed E-state index contributed by atoms with van der Waals surface area (Å²) in [5.41, 5.74) is -2.16. The van der Waals surface area contributed by atoms with Crippen LogP contribution < -0.4 is 0 Å². The van der Waals surface area contributed by atoms with Gasteiger partial charge in [0.05, 0.1) is 22.6 Å². The average molecular weight is 322 g/mol. The maximum Gasteiger partial charge on any atom is 0.418 e. The lowest BCUT2D eigenvalue weighted by Gasteiger charge is -2.15. The van der Waals surface area contributed by atoms with Gasteiger partial charge in [-0.15, -0.1) is 0 Å². The Morgan fingerprint density at radius 2 is 2.19 bits per heavy atom. The molecule has 2 heterocycles. The van der Waals surface area contributed by atoms with Crippen LogP contribution in [0.1, 0.15) is 11.4 Å². The molecule has 2 aromatic rings. The van der Waals surface area contributed by atoms with E-state index in [-0.39, 0.29) is 24.2 Å². The van der Waals surface area contributed by atoms with Crippen molar-refractivity contribution in [1.29, 1.82) is 0 Å². The Labute approximate surface area is 120 Å². The van der Waals surface area contributed by atoms with E-state index in [1.54, 1.807) is 0 Å². The second kappa shape index (κ2) is 4.57. The number of ether oxygens (including phenoxy) is 1. The average Bonchev–Trinajstić information content (AvgIpc) is 2.74. The lowest BCUT2D eigenvalue weighted by atomic mass is 10.1. The summed E-state index contributed by atoms with van der Waals surface area (Å²) in [7, 11) is 0. The summed E-state index contributed by atoms with van der Waals surface area (Å²) in [6.45, 7) is 0.660. The molecule has 0 saturated carbocycles. The highest BCUT2D eigenvalue weighted by Gasteiger charge is 2.39. The van der Waals surface area contributed by atoms with Crippen molar-refractivity contribution in [2.24, 2.45) is 0 Å². The van der Waals surface area contributed by atoms with Gasteiger partial charge < -0.3 is 9.30 Å². The van der Waals surface area contributed by atoms with Crippen molar-refractivity contribution in [3.63, 3.8) is 0 Å². The van der Waals surface area contributed by atoms with Crippen LogP contribution in [0, 0.1) is 10.1 Å². The first-order valence-electron chi connectivity index (χ1n) is 5.81. The number of fused-ring (bicyclic) bond motifs is 3. The molecular weight excluding hydrogens is 315 g/mol. The number of alkyl halides is 3. The summed E-state index contributed by atoms with van der Waals surface area (Å²) in [6, 6.07) is 0.732. The van der Waals surface area contributed by atoms with Gasteiger partial charge in [0.15, 0.2) is 0 Å². The van der Waals surface area contributed by atoms with Crippen molar-refractivity contribution in [2.45, 2.75) is 19.3 Å². The molecule has 0 aliphatic carbocycles. The molecule has 3 rings (SSSR count). The highest BCUT2D eigenvalue weighted by Crippen LogP contribution is 2.43. The fourth-order valence-corrected chi connectivity index (χ4v) is 2.66. The van der Waals surface area contributed by atoms with Gasteiger partial charge in [-0.25, -0.2) is 4.98 Å². The third-order valence-corrected chi connectivity index (χ3v) is 3.58. The zero-order valence-electron chi connectivity index (χ0n) is 10.3. The quantitative estimate of drug-likeness (QED) is 0.597. The number of hydrogen-bond acceptors (Lipinski definition) is 4. The first kappa shape index (κ1) is 14.1. The summed E-state index contributed by atoms with van der Waals surface area (Å²) >= 11 is 5.63. The summed E-state index contributed by atoms with van der Waals surface area (Å²) in [6.07, 6.45) is -4.79. The molecule has 112 valence electrons. The van der Waals surface area contributed by atoms with Gasteiger partial charge in [-0.05, 0) is 6.07 Å². The van der Waals surface area contributed by atoms with Crippen LogP contribution in [-0.2, 0) is 24.1 Å². The minimum atomic E-state index is -4.79. The molecule has 21 heavy (non-hydrogen) atoms. The van der Waals surface area contributed by atoms with E-state index in [0.717, 1.165) is 6.07 Å². The van der Waals surface area contributed by atoms with E-state index in [1.807, 2.05) is 0 Å². The molecule has 0 spiro atoms. The largest absolute Gasteiger partial charge is 0.418 e. The van der Waals surface area contributed by atoms with Crippen LogP contribution in [0.3, 0.4) is 0 Å². The van der Waals surface area contributed by atoms with Crippen LogP contribution in [0.4, 0.5) is 18.9 Å². The monoisotopic (exact) mass is 321 g/mol. The predicted molar refractivity (Wildman–Crippen MR) is 66.1 cm³/mol. The molecule has 1 aliphatic rings. The van der Waals surface area contributed by atoms with E-state index in [0.29, 0.717) is 12.4 Å².